The topological polar surface area (TPSA) is 56.1 Å². The van der Waals surface area contributed by atoms with E-state index in [4.69, 9.17) is 4.98 Å². The van der Waals surface area contributed by atoms with Crippen LogP contribution in [-0.4, -0.2) is 36.1 Å². The van der Waals surface area contributed by atoms with Gasteiger partial charge < -0.3 is 9.80 Å². The molecule has 4 rings (SSSR count). The van der Waals surface area contributed by atoms with Crippen LogP contribution >= 0.6 is 11.3 Å². The molecule has 3 aromatic rings. The number of benzene rings is 1. The van der Waals surface area contributed by atoms with Crippen molar-refractivity contribution in [2.75, 3.05) is 36.0 Å². The van der Waals surface area contributed by atoms with E-state index in [1.54, 1.807) is 41.8 Å². The number of nitrogens with zero attached hydrogens (tertiary/aromatic N) is 5. The van der Waals surface area contributed by atoms with Gasteiger partial charge in [-0.1, -0.05) is 0 Å². The van der Waals surface area contributed by atoms with E-state index in [2.05, 4.69) is 20.9 Å². The second-order valence-electron chi connectivity index (χ2n) is 6.34. The van der Waals surface area contributed by atoms with E-state index in [0.29, 0.717) is 5.56 Å². The lowest BCUT2D eigenvalue weighted by atomic mass is 10.2. The van der Waals surface area contributed by atoms with Crippen LogP contribution in [0.2, 0.25) is 0 Å². The van der Waals surface area contributed by atoms with Crippen LogP contribution in [0.5, 0.6) is 0 Å². The molecule has 5 nitrogen and oxygen atoms in total. The molecule has 1 aliphatic rings. The summed E-state index contributed by atoms with van der Waals surface area (Å²) in [5.41, 5.74) is 2.40. The molecule has 2 aromatic heterocycles. The number of rotatable bonds is 3. The van der Waals surface area contributed by atoms with Crippen molar-refractivity contribution < 1.29 is 4.39 Å². The SMILES string of the molecule is N#Cc1cccnc1N1CCCN(c2nc(-c3ccc(F)cc3)cs2)CC1. The van der Waals surface area contributed by atoms with E-state index in [-0.39, 0.29) is 5.82 Å². The fourth-order valence-corrected chi connectivity index (χ4v) is 4.11. The number of anilines is 2. The predicted octanol–water partition coefficient (Wildman–Crippen LogP) is 3.93. The first-order chi connectivity index (χ1) is 13.2. The minimum absolute atomic E-state index is 0.243. The van der Waals surface area contributed by atoms with Gasteiger partial charge in [-0.25, -0.2) is 14.4 Å². The summed E-state index contributed by atoms with van der Waals surface area (Å²) in [6.45, 7) is 3.37. The van der Waals surface area contributed by atoms with Crippen LogP contribution in [0.3, 0.4) is 0 Å². The van der Waals surface area contributed by atoms with Crippen molar-refractivity contribution in [2.24, 2.45) is 0 Å². The maximum Gasteiger partial charge on any atom is 0.185 e. The highest BCUT2D eigenvalue weighted by Gasteiger charge is 2.20. The Morgan fingerprint density at radius 1 is 1.04 bits per heavy atom. The third-order valence-electron chi connectivity index (χ3n) is 4.61. The van der Waals surface area contributed by atoms with E-state index in [0.717, 1.165) is 54.8 Å². The van der Waals surface area contributed by atoms with Crippen molar-refractivity contribution in [2.45, 2.75) is 6.42 Å². The minimum Gasteiger partial charge on any atom is -0.354 e. The minimum atomic E-state index is -0.243. The van der Waals surface area contributed by atoms with Gasteiger partial charge in [-0.05, 0) is 42.8 Å². The molecule has 0 saturated carbocycles. The number of halogens is 1. The fourth-order valence-electron chi connectivity index (χ4n) is 3.22. The molecule has 1 fully saturated rings. The molecule has 27 heavy (non-hydrogen) atoms. The lowest BCUT2D eigenvalue weighted by Crippen LogP contribution is -2.31. The van der Waals surface area contributed by atoms with E-state index in [1.807, 2.05) is 5.38 Å². The molecule has 0 aliphatic carbocycles. The molecular formula is C20H18FN5S. The normalized spacial score (nSPS) is 14.7. The first-order valence-electron chi connectivity index (χ1n) is 8.81. The van der Waals surface area contributed by atoms with Crippen molar-refractivity contribution in [3.05, 3.63) is 59.4 Å². The van der Waals surface area contributed by atoms with Gasteiger partial charge in [-0.15, -0.1) is 11.3 Å². The number of thiazole rings is 1. The largest absolute Gasteiger partial charge is 0.354 e. The zero-order chi connectivity index (χ0) is 18.6. The van der Waals surface area contributed by atoms with Gasteiger partial charge in [0.15, 0.2) is 5.13 Å². The van der Waals surface area contributed by atoms with Gasteiger partial charge in [-0.2, -0.15) is 5.26 Å². The quantitative estimate of drug-likeness (QED) is 0.690. The molecular weight excluding hydrogens is 361 g/mol. The summed E-state index contributed by atoms with van der Waals surface area (Å²) < 4.78 is 13.1. The third-order valence-corrected chi connectivity index (χ3v) is 5.51. The van der Waals surface area contributed by atoms with Crippen LogP contribution in [0.25, 0.3) is 11.3 Å². The summed E-state index contributed by atoms with van der Waals surface area (Å²) in [5, 5.41) is 12.3. The Morgan fingerprint density at radius 2 is 1.81 bits per heavy atom. The maximum atomic E-state index is 13.1. The second kappa shape index (κ2) is 7.72. The van der Waals surface area contributed by atoms with Crippen LogP contribution in [0, 0.1) is 17.1 Å². The van der Waals surface area contributed by atoms with Crippen molar-refractivity contribution in [1.29, 1.82) is 5.26 Å². The Kier molecular flexibility index (Phi) is 4.99. The van der Waals surface area contributed by atoms with Crippen LogP contribution in [0.15, 0.2) is 48.0 Å². The predicted molar refractivity (Wildman–Crippen MR) is 106 cm³/mol. The number of pyridine rings is 1. The first kappa shape index (κ1) is 17.4. The highest BCUT2D eigenvalue weighted by molar-refractivity contribution is 7.14. The van der Waals surface area contributed by atoms with Crippen LogP contribution in [-0.2, 0) is 0 Å². The average Bonchev–Trinajstić information content (AvgIpc) is 3.06. The summed E-state index contributed by atoms with van der Waals surface area (Å²) in [7, 11) is 0. The van der Waals surface area contributed by atoms with Crippen molar-refractivity contribution in [3.63, 3.8) is 0 Å². The zero-order valence-electron chi connectivity index (χ0n) is 14.7. The Labute approximate surface area is 161 Å². The molecule has 0 unspecified atom stereocenters. The monoisotopic (exact) mass is 379 g/mol. The summed E-state index contributed by atoms with van der Waals surface area (Å²) in [5.74, 6) is 0.515. The molecule has 0 bridgehead atoms. The molecule has 136 valence electrons. The van der Waals surface area contributed by atoms with E-state index < -0.39 is 0 Å². The molecule has 1 aromatic carbocycles. The smallest absolute Gasteiger partial charge is 0.185 e. The number of hydrogen-bond acceptors (Lipinski definition) is 6. The molecule has 0 spiro atoms. The Morgan fingerprint density at radius 3 is 2.63 bits per heavy atom. The Hall–Kier alpha value is -2.98. The lowest BCUT2D eigenvalue weighted by Gasteiger charge is -2.23. The van der Waals surface area contributed by atoms with Gasteiger partial charge in [0.05, 0.1) is 11.3 Å². The van der Waals surface area contributed by atoms with Gasteiger partial charge in [0.25, 0.3) is 0 Å². The zero-order valence-corrected chi connectivity index (χ0v) is 15.5. The van der Waals surface area contributed by atoms with Gasteiger partial charge in [0.1, 0.15) is 17.7 Å². The fraction of sp³-hybridized carbons (Fsp3) is 0.250. The summed E-state index contributed by atoms with van der Waals surface area (Å²) >= 11 is 1.60. The molecule has 0 amide bonds. The molecule has 0 N–H and O–H groups in total. The Bertz CT molecular complexity index is 963. The van der Waals surface area contributed by atoms with Gasteiger partial charge >= 0.3 is 0 Å². The summed E-state index contributed by atoms with van der Waals surface area (Å²) in [4.78, 5) is 13.6. The Balaban J connectivity index is 1.49. The second-order valence-corrected chi connectivity index (χ2v) is 7.17. The maximum absolute atomic E-state index is 13.1. The standard InChI is InChI=1S/C20H18FN5S/c21-17-6-4-15(5-7-17)18-14-27-20(24-18)26-10-2-9-25(11-12-26)19-16(13-22)3-1-8-23-19/h1,3-8,14H,2,9-12H2. The van der Waals surface area contributed by atoms with Gasteiger partial charge in [0, 0.05) is 43.3 Å². The molecule has 0 radical (unpaired) electrons. The molecule has 7 heteroatoms. The highest BCUT2D eigenvalue weighted by atomic mass is 32.1. The summed E-state index contributed by atoms with van der Waals surface area (Å²) in [6, 6.07) is 12.2. The van der Waals surface area contributed by atoms with Gasteiger partial charge in [-0.3, -0.25) is 0 Å². The molecule has 1 aliphatic heterocycles. The van der Waals surface area contributed by atoms with Crippen molar-refractivity contribution >= 4 is 22.3 Å². The van der Waals surface area contributed by atoms with Crippen LogP contribution < -0.4 is 9.80 Å². The molecule has 1 saturated heterocycles. The number of hydrogen-bond donors (Lipinski definition) is 0. The average molecular weight is 379 g/mol. The van der Waals surface area contributed by atoms with Crippen LogP contribution in [0.4, 0.5) is 15.3 Å². The highest BCUT2D eigenvalue weighted by Crippen LogP contribution is 2.29. The number of aromatic nitrogens is 2. The van der Waals surface area contributed by atoms with Gasteiger partial charge in [0.2, 0.25) is 0 Å². The van der Waals surface area contributed by atoms with E-state index >= 15 is 0 Å². The van der Waals surface area contributed by atoms with E-state index in [9.17, 15) is 9.65 Å². The number of nitriles is 1. The molecule has 3 heterocycles. The third kappa shape index (κ3) is 3.76. The lowest BCUT2D eigenvalue weighted by molar-refractivity contribution is 0.628. The summed E-state index contributed by atoms with van der Waals surface area (Å²) in [6.07, 6.45) is 2.70. The van der Waals surface area contributed by atoms with E-state index in [1.165, 1.54) is 12.1 Å². The van der Waals surface area contributed by atoms with Crippen LogP contribution in [0.1, 0.15) is 12.0 Å². The first-order valence-corrected chi connectivity index (χ1v) is 9.69. The molecule has 0 atom stereocenters. The van der Waals surface area contributed by atoms with Crippen molar-refractivity contribution in [3.8, 4) is 17.3 Å². The van der Waals surface area contributed by atoms with Crippen molar-refractivity contribution in [1.82, 2.24) is 9.97 Å².